The molecule has 104 valence electrons. The smallest absolute Gasteiger partial charge is 0.274 e. The number of H-pyrrole nitrogens is 1. The highest BCUT2D eigenvalue weighted by molar-refractivity contribution is 5.98. The van der Waals surface area contributed by atoms with E-state index in [2.05, 4.69) is 29.4 Å². The van der Waals surface area contributed by atoms with Gasteiger partial charge in [0.1, 0.15) is 0 Å². The Labute approximate surface area is 113 Å². The molecule has 1 aromatic rings. The van der Waals surface area contributed by atoms with Gasteiger partial charge in [-0.15, -0.1) is 0 Å². The molecule has 1 amide bonds. The van der Waals surface area contributed by atoms with Crippen LogP contribution in [0.3, 0.4) is 0 Å². The van der Waals surface area contributed by atoms with E-state index >= 15 is 0 Å². The average molecular weight is 262 g/mol. The molecule has 5 heteroatoms. The molecule has 0 saturated heterocycles. The first-order valence-corrected chi connectivity index (χ1v) is 7.22. The second kappa shape index (κ2) is 4.54. The Hall–Kier alpha value is -1.52. The number of nitrogens with zero attached hydrogens (tertiary/aromatic N) is 1. The molecule has 2 aliphatic rings. The number of rotatable bonds is 3. The molecule has 5 nitrogen and oxygen atoms in total. The molecule has 3 atom stereocenters. The zero-order chi connectivity index (χ0) is 13.6. The molecule has 2 fully saturated rings. The van der Waals surface area contributed by atoms with Gasteiger partial charge in [0.2, 0.25) is 0 Å². The van der Waals surface area contributed by atoms with Crippen molar-refractivity contribution in [2.45, 2.75) is 51.5 Å². The second-order valence-electron chi connectivity index (χ2n) is 6.17. The van der Waals surface area contributed by atoms with Crippen LogP contribution in [0.1, 0.15) is 61.6 Å². The number of aromatic amines is 1. The Morgan fingerprint density at radius 1 is 1.32 bits per heavy atom. The van der Waals surface area contributed by atoms with Gasteiger partial charge in [-0.25, -0.2) is 0 Å². The van der Waals surface area contributed by atoms with Crippen LogP contribution in [0.25, 0.3) is 0 Å². The number of hydrogen-bond donors (Lipinski definition) is 3. The molecule has 0 bridgehead atoms. The molecular weight excluding hydrogens is 240 g/mol. The van der Waals surface area contributed by atoms with Crippen molar-refractivity contribution in [3.63, 3.8) is 0 Å². The maximum Gasteiger partial charge on any atom is 0.274 e. The van der Waals surface area contributed by atoms with Crippen molar-refractivity contribution < 1.29 is 4.79 Å². The van der Waals surface area contributed by atoms with Crippen LogP contribution in [0.4, 0.5) is 5.69 Å². The van der Waals surface area contributed by atoms with E-state index in [1.165, 1.54) is 6.42 Å². The summed E-state index contributed by atoms with van der Waals surface area (Å²) in [5.74, 6) is 1.54. The van der Waals surface area contributed by atoms with Gasteiger partial charge in [-0.2, -0.15) is 5.10 Å². The molecule has 2 saturated carbocycles. The van der Waals surface area contributed by atoms with Crippen LogP contribution in [-0.2, 0) is 0 Å². The maximum absolute atomic E-state index is 12.3. The van der Waals surface area contributed by atoms with Gasteiger partial charge in [0, 0.05) is 12.0 Å². The number of carbonyl (C=O) groups is 1. The van der Waals surface area contributed by atoms with E-state index in [1.807, 2.05) is 0 Å². The summed E-state index contributed by atoms with van der Waals surface area (Å²) in [5, 5.41) is 10.1. The topological polar surface area (TPSA) is 83.8 Å². The van der Waals surface area contributed by atoms with Crippen molar-refractivity contribution in [1.82, 2.24) is 15.5 Å². The number of amides is 1. The van der Waals surface area contributed by atoms with Crippen molar-refractivity contribution in [2.75, 3.05) is 5.73 Å². The predicted octanol–water partition coefficient (Wildman–Crippen LogP) is 2.03. The molecule has 1 heterocycles. The summed E-state index contributed by atoms with van der Waals surface area (Å²) in [6.07, 6.45) is 4.51. The Morgan fingerprint density at radius 3 is 2.63 bits per heavy atom. The third kappa shape index (κ3) is 2.22. The van der Waals surface area contributed by atoms with Gasteiger partial charge >= 0.3 is 0 Å². The van der Waals surface area contributed by atoms with Crippen LogP contribution < -0.4 is 11.1 Å². The van der Waals surface area contributed by atoms with Gasteiger partial charge in [0.25, 0.3) is 5.91 Å². The minimum Gasteiger partial charge on any atom is -0.395 e. The first-order chi connectivity index (χ1) is 9.08. The number of hydrogen-bond acceptors (Lipinski definition) is 3. The fourth-order valence-electron chi connectivity index (χ4n) is 3.03. The van der Waals surface area contributed by atoms with E-state index in [9.17, 15) is 4.79 Å². The number of nitrogens with one attached hydrogen (secondary N) is 2. The van der Waals surface area contributed by atoms with Crippen LogP contribution in [0.5, 0.6) is 0 Å². The van der Waals surface area contributed by atoms with E-state index < -0.39 is 0 Å². The first-order valence-electron chi connectivity index (χ1n) is 7.22. The summed E-state index contributed by atoms with van der Waals surface area (Å²) in [7, 11) is 0. The summed E-state index contributed by atoms with van der Waals surface area (Å²) in [4.78, 5) is 12.3. The van der Waals surface area contributed by atoms with Crippen LogP contribution in [-0.4, -0.2) is 22.1 Å². The summed E-state index contributed by atoms with van der Waals surface area (Å²) < 4.78 is 0. The molecule has 2 aliphatic carbocycles. The van der Waals surface area contributed by atoms with Crippen molar-refractivity contribution in [3.05, 3.63) is 11.4 Å². The Balaban J connectivity index is 1.70. The molecule has 1 aromatic heterocycles. The predicted molar refractivity (Wildman–Crippen MR) is 73.8 cm³/mol. The lowest BCUT2D eigenvalue weighted by Gasteiger charge is -2.19. The van der Waals surface area contributed by atoms with Crippen LogP contribution >= 0.6 is 0 Å². The third-order valence-corrected chi connectivity index (χ3v) is 4.82. The Bertz CT molecular complexity index is 492. The quantitative estimate of drug-likeness (QED) is 0.779. The third-order valence-electron chi connectivity index (χ3n) is 4.82. The van der Waals surface area contributed by atoms with Gasteiger partial charge in [-0.1, -0.05) is 13.8 Å². The first kappa shape index (κ1) is 12.5. The van der Waals surface area contributed by atoms with Gasteiger partial charge in [0.15, 0.2) is 5.69 Å². The average Bonchev–Trinajstić information content (AvgIpc) is 3.09. The number of nitrogen functional groups attached to an aromatic ring is 1. The van der Waals surface area contributed by atoms with E-state index in [0.717, 1.165) is 25.0 Å². The molecule has 3 rings (SSSR count). The minimum absolute atomic E-state index is 0.133. The highest BCUT2D eigenvalue weighted by Gasteiger charge is 2.33. The largest absolute Gasteiger partial charge is 0.395 e. The lowest BCUT2D eigenvalue weighted by molar-refractivity contribution is 0.0923. The molecule has 4 N–H and O–H groups in total. The highest BCUT2D eigenvalue weighted by Crippen LogP contribution is 2.42. The standard InChI is InChI=1S/C14H22N4O/c1-7-3-6-10(8(7)2)16-14(19)13-11(15)12(17-18-13)9-4-5-9/h7-10H,3-6,15H2,1-2H3,(H,16,19)(H,17,18). The fraction of sp³-hybridized carbons (Fsp3) is 0.714. The Morgan fingerprint density at radius 2 is 2.05 bits per heavy atom. The van der Waals surface area contributed by atoms with Crippen LogP contribution in [0.2, 0.25) is 0 Å². The summed E-state index contributed by atoms with van der Waals surface area (Å²) in [6.45, 7) is 4.44. The second-order valence-corrected chi connectivity index (χ2v) is 6.17. The van der Waals surface area contributed by atoms with E-state index in [4.69, 9.17) is 5.73 Å². The lowest BCUT2D eigenvalue weighted by atomic mass is 9.98. The molecule has 0 aromatic carbocycles. The number of aromatic nitrogens is 2. The molecule has 0 aliphatic heterocycles. The zero-order valence-corrected chi connectivity index (χ0v) is 11.6. The molecule has 3 unspecified atom stereocenters. The molecule has 0 spiro atoms. The normalized spacial score (nSPS) is 30.5. The zero-order valence-electron chi connectivity index (χ0n) is 11.6. The van der Waals surface area contributed by atoms with Crippen LogP contribution in [0.15, 0.2) is 0 Å². The van der Waals surface area contributed by atoms with Gasteiger partial charge in [-0.3, -0.25) is 9.89 Å². The molecule has 19 heavy (non-hydrogen) atoms. The summed E-state index contributed by atoms with van der Waals surface area (Å²) >= 11 is 0. The van der Waals surface area contributed by atoms with Crippen molar-refractivity contribution in [1.29, 1.82) is 0 Å². The van der Waals surface area contributed by atoms with Crippen molar-refractivity contribution in [2.24, 2.45) is 11.8 Å². The van der Waals surface area contributed by atoms with E-state index in [0.29, 0.717) is 29.1 Å². The number of carbonyl (C=O) groups excluding carboxylic acids is 1. The minimum atomic E-state index is -0.133. The summed E-state index contributed by atoms with van der Waals surface area (Å²) in [6, 6.07) is 0.253. The maximum atomic E-state index is 12.3. The summed E-state index contributed by atoms with van der Waals surface area (Å²) in [5.41, 5.74) is 7.88. The van der Waals surface area contributed by atoms with Crippen molar-refractivity contribution >= 4 is 11.6 Å². The van der Waals surface area contributed by atoms with Gasteiger partial charge in [0.05, 0.1) is 11.4 Å². The van der Waals surface area contributed by atoms with Gasteiger partial charge < -0.3 is 11.1 Å². The Kier molecular flexibility index (Phi) is 2.99. The van der Waals surface area contributed by atoms with Crippen molar-refractivity contribution in [3.8, 4) is 0 Å². The molecule has 0 radical (unpaired) electrons. The van der Waals surface area contributed by atoms with Crippen LogP contribution in [0, 0.1) is 11.8 Å². The fourth-order valence-corrected chi connectivity index (χ4v) is 3.03. The van der Waals surface area contributed by atoms with Gasteiger partial charge in [-0.05, 0) is 37.5 Å². The number of anilines is 1. The number of nitrogens with two attached hydrogens (primary N) is 1. The van der Waals surface area contributed by atoms with E-state index in [1.54, 1.807) is 0 Å². The highest BCUT2D eigenvalue weighted by atomic mass is 16.2. The lowest BCUT2D eigenvalue weighted by Crippen LogP contribution is -2.37. The van der Waals surface area contributed by atoms with E-state index in [-0.39, 0.29) is 11.9 Å². The SMILES string of the molecule is CC1CCC(NC(=O)c2n[nH]c(C3CC3)c2N)C1C. The monoisotopic (exact) mass is 262 g/mol. The molecular formula is C14H22N4O.